The highest BCUT2D eigenvalue weighted by atomic mass is 32.2. The lowest BCUT2D eigenvalue weighted by Crippen LogP contribution is -2.14. The van der Waals surface area contributed by atoms with Gasteiger partial charge < -0.3 is 5.32 Å². The van der Waals surface area contributed by atoms with E-state index >= 15 is 0 Å². The van der Waals surface area contributed by atoms with E-state index in [9.17, 15) is 4.79 Å². The summed E-state index contributed by atoms with van der Waals surface area (Å²) in [7, 11) is 0. The zero-order chi connectivity index (χ0) is 15.4. The zero-order valence-electron chi connectivity index (χ0n) is 11.3. The molecule has 0 saturated heterocycles. The molecule has 3 aromatic rings. The molecule has 1 N–H and O–H groups in total. The maximum atomic E-state index is 12.0. The van der Waals surface area contributed by atoms with Crippen LogP contribution in [-0.4, -0.2) is 21.6 Å². The Kier molecular flexibility index (Phi) is 4.32. The number of nitriles is 1. The van der Waals surface area contributed by atoms with Gasteiger partial charge in [0.1, 0.15) is 16.2 Å². The Morgan fingerprint density at radius 1 is 1.27 bits per heavy atom. The second-order valence-corrected chi connectivity index (χ2v) is 6.20. The Morgan fingerprint density at radius 3 is 2.86 bits per heavy atom. The number of benzene rings is 1. The summed E-state index contributed by atoms with van der Waals surface area (Å²) >= 11 is 2.93. The highest BCUT2D eigenvalue weighted by Gasteiger charge is 2.09. The van der Waals surface area contributed by atoms with Crippen molar-refractivity contribution in [3.63, 3.8) is 0 Å². The monoisotopic (exact) mass is 326 g/mol. The van der Waals surface area contributed by atoms with Gasteiger partial charge in [-0.05, 0) is 35.7 Å². The van der Waals surface area contributed by atoms with Crippen molar-refractivity contribution in [3.05, 3.63) is 47.6 Å². The van der Waals surface area contributed by atoms with Crippen LogP contribution in [0, 0.1) is 11.3 Å². The summed E-state index contributed by atoms with van der Waals surface area (Å²) in [6.45, 7) is 0. The fourth-order valence-corrected chi connectivity index (χ4v) is 3.42. The minimum absolute atomic E-state index is 0.114. The Labute approximate surface area is 135 Å². The smallest absolute Gasteiger partial charge is 0.234 e. The minimum atomic E-state index is -0.114. The Morgan fingerprint density at radius 2 is 2.09 bits per heavy atom. The topological polar surface area (TPSA) is 78.7 Å². The molecule has 3 rings (SSSR count). The van der Waals surface area contributed by atoms with E-state index in [1.54, 1.807) is 35.6 Å². The van der Waals surface area contributed by atoms with Crippen LogP contribution in [0.2, 0.25) is 0 Å². The van der Waals surface area contributed by atoms with E-state index < -0.39 is 0 Å². The van der Waals surface area contributed by atoms with Crippen LogP contribution in [0.15, 0.2) is 47.1 Å². The number of anilines is 1. The number of nitrogens with one attached hydrogen (secondary N) is 1. The lowest BCUT2D eigenvalue weighted by atomic mass is 10.2. The van der Waals surface area contributed by atoms with E-state index in [0.717, 1.165) is 15.2 Å². The molecular weight excluding hydrogens is 316 g/mol. The third kappa shape index (κ3) is 3.24. The van der Waals surface area contributed by atoms with Gasteiger partial charge in [-0.15, -0.1) is 11.3 Å². The van der Waals surface area contributed by atoms with Gasteiger partial charge in [0.05, 0.1) is 17.4 Å². The van der Waals surface area contributed by atoms with Crippen LogP contribution in [0.25, 0.3) is 10.2 Å². The first-order valence-corrected chi connectivity index (χ1v) is 8.24. The number of fused-ring (bicyclic) bond motifs is 1. The summed E-state index contributed by atoms with van der Waals surface area (Å²) < 4.78 is 0. The molecule has 5 nitrogen and oxygen atoms in total. The largest absolute Gasteiger partial charge is 0.325 e. The lowest BCUT2D eigenvalue weighted by Gasteiger charge is -2.05. The van der Waals surface area contributed by atoms with Gasteiger partial charge >= 0.3 is 0 Å². The maximum absolute atomic E-state index is 12.0. The summed E-state index contributed by atoms with van der Waals surface area (Å²) in [5.74, 6) is 0.152. The molecule has 0 aliphatic heterocycles. The van der Waals surface area contributed by atoms with Gasteiger partial charge in [-0.3, -0.25) is 4.79 Å². The predicted molar refractivity (Wildman–Crippen MR) is 87.9 cm³/mol. The average Bonchev–Trinajstić information content (AvgIpc) is 3.03. The number of aromatic nitrogens is 2. The molecule has 22 heavy (non-hydrogen) atoms. The quantitative estimate of drug-likeness (QED) is 0.588. The van der Waals surface area contributed by atoms with Crippen molar-refractivity contribution in [2.24, 2.45) is 0 Å². The second-order valence-electron chi connectivity index (χ2n) is 4.34. The first-order valence-electron chi connectivity index (χ1n) is 6.37. The highest BCUT2D eigenvalue weighted by Crippen LogP contribution is 2.27. The van der Waals surface area contributed by atoms with Crippen LogP contribution < -0.4 is 5.32 Å². The van der Waals surface area contributed by atoms with Crippen molar-refractivity contribution in [3.8, 4) is 6.07 Å². The minimum Gasteiger partial charge on any atom is -0.325 e. The summed E-state index contributed by atoms with van der Waals surface area (Å²) in [6.07, 6.45) is 1.51. The predicted octanol–water partition coefficient (Wildman–Crippen LogP) is 3.29. The molecule has 0 radical (unpaired) electrons. The average molecular weight is 326 g/mol. The third-order valence-electron chi connectivity index (χ3n) is 2.86. The first kappa shape index (κ1) is 14.5. The highest BCUT2D eigenvalue weighted by molar-refractivity contribution is 8.00. The van der Waals surface area contributed by atoms with Crippen LogP contribution in [0.5, 0.6) is 0 Å². The van der Waals surface area contributed by atoms with E-state index in [2.05, 4.69) is 15.3 Å². The normalized spacial score (nSPS) is 10.3. The van der Waals surface area contributed by atoms with E-state index in [4.69, 9.17) is 5.26 Å². The summed E-state index contributed by atoms with van der Waals surface area (Å²) in [5.41, 5.74) is 1.24. The Hall–Kier alpha value is -2.43. The molecule has 1 aromatic carbocycles. The van der Waals surface area contributed by atoms with Crippen molar-refractivity contribution in [1.82, 2.24) is 9.97 Å². The number of rotatable bonds is 4. The summed E-state index contributed by atoms with van der Waals surface area (Å²) in [6, 6.07) is 10.8. The van der Waals surface area contributed by atoms with E-state index in [1.807, 2.05) is 17.5 Å². The Balaban J connectivity index is 1.62. The second kappa shape index (κ2) is 6.56. The molecule has 0 atom stereocenters. The third-order valence-corrected chi connectivity index (χ3v) is 4.69. The summed E-state index contributed by atoms with van der Waals surface area (Å²) in [4.78, 5) is 21.3. The maximum Gasteiger partial charge on any atom is 0.234 e. The molecule has 0 unspecified atom stereocenters. The van der Waals surface area contributed by atoms with Crippen molar-refractivity contribution >= 4 is 44.9 Å². The first-order chi connectivity index (χ1) is 10.8. The van der Waals surface area contributed by atoms with Gasteiger partial charge in [0.25, 0.3) is 0 Å². The van der Waals surface area contributed by atoms with E-state index in [1.165, 1.54) is 18.1 Å². The number of hydrogen-bond donors (Lipinski definition) is 1. The standard InChI is InChI=1S/C15H10N4OS2/c16-7-10-1-3-11(4-2-10)19-13(20)8-22-15-12-5-6-21-14(12)17-9-18-15/h1-6,9H,8H2,(H,19,20). The van der Waals surface area contributed by atoms with Crippen LogP contribution in [0.4, 0.5) is 5.69 Å². The van der Waals surface area contributed by atoms with Gasteiger partial charge in [0.15, 0.2) is 0 Å². The van der Waals surface area contributed by atoms with Crippen molar-refractivity contribution < 1.29 is 4.79 Å². The molecule has 0 spiro atoms. The van der Waals surface area contributed by atoms with Gasteiger partial charge in [0.2, 0.25) is 5.91 Å². The van der Waals surface area contributed by atoms with Crippen LogP contribution in [0.1, 0.15) is 5.56 Å². The van der Waals surface area contributed by atoms with Crippen molar-refractivity contribution in [2.45, 2.75) is 5.03 Å². The molecule has 0 aliphatic rings. The van der Waals surface area contributed by atoms with Gasteiger partial charge in [-0.2, -0.15) is 5.26 Å². The molecule has 2 aromatic heterocycles. The number of nitrogens with zero attached hydrogens (tertiary/aromatic N) is 3. The molecule has 2 heterocycles. The molecule has 0 bridgehead atoms. The summed E-state index contributed by atoms with van der Waals surface area (Å²) in [5, 5.41) is 15.3. The number of carbonyl (C=O) groups is 1. The van der Waals surface area contributed by atoms with Crippen molar-refractivity contribution in [1.29, 1.82) is 5.26 Å². The molecule has 7 heteroatoms. The number of thioether (sulfide) groups is 1. The zero-order valence-corrected chi connectivity index (χ0v) is 12.9. The van der Waals surface area contributed by atoms with Gasteiger partial charge in [0, 0.05) is 11.1 Å². The SMILES string of the molecule is N#Cc1ccc(NC(=O)CSc2ncnc3sccc23)cc1. The van der Waals surface area contributed by atoms with E-state index in [0.29, 0.717) is 11.3 Å². The molecular formula is C15H10N4OS2. The fourth-order valence-electron chi connectivity index (χ4n) is 1.84. The number of thiophene rings is 1. The number of hydrogen-bond acceptors (Lipinski definition) is 6. The Bertz CT molecular complexity index is 852. The van der Waals surface area contributed by atoms with Gasteiger partial charge in [-0.1, -0.05) is 11.8 Å². The number of carbonyl (C=O) groups excluding carboxylic acids is 1. The lowest BCUT2D eigenvalue weighted by molar-refractivity contribution is -0.113. The van der Waals surface area contributed by atoms with Gasteiger partial charge in [-0.25, -0.2) is 9.97 Å². The van der Waals surface area contributed by atoms with E-state index in [-0.39, 0.29) is 11.7 Å². The molecule has 0 saturated carbocycles. The molecule has 0 aliphatic carbocycles. The number of amides is 1. The molecule has 1 amide bonds. The van der Waals surface area contributed by atoms with Crippen LogP contribution in [0.3, 0.4) is 0 Å². The molecule has 108 valence electrons. The van der Waals surface area contributed by atoms with Crippen molar-refractivity contribution in [2.75, 3.05) is 11.1 Å². The van der Waals surface area contributed by atoms with Crippen LogP contribution >= 0.6 is 23.1 Å². The van der Waals surface area contributed by atoms with Crippen LogP contribution in [-0.2, 0) is 4.79 Å². The fraction of sp³-hybridized carbons (Fsp3) is 0.0667. The molecule has 0 fully saturated rings.